The van der Waals surface area contributed by atoms with Crippen LogP contribution >= 0.6 is 0 Å². The maximum absolute atomic E-state index is 11.7. The van der Waals surface area contributed by atoms with Crippen LogP contribution in [-0.2, 0) is 4.79 Å². The summed E-state index contributed by atoms with van der Waals surface area (Å²) in [5.41, 5.74) is 5.12. The number of ether oxygens (including phenoxy) is 1. The Morgan fingerprint density at radius 1 is 1.30 bits per heavy atom. The van der Waals surface area contributed by atoms with E-state index in [2.05, 4.69) is 15.8 Å². The maximum Gasteiger partial charge on any atom is 0.259 e. The molecule has 6 heteroatoms. The molecule has 0 aliphatic rings. The van der Waals surface area contributed by atoms with Gasteiger partial charge in [0.25, 0.3) is 5.91 Å². The van der Waals surface area contributed by atoms with Crippen molar-refractivity contribution in [2.75, 3.05) is 19.0 Å². The third-order valence-electron chi connectivity index (χ3n) is 3.19. The average Bonchev–Trinajstić information content (AvgIpc) is 2.55. The van der Waals surface area contributed by atoms with Gasteiger partial charge in [0.2, 0.25) is 0 Å². The number of nitrogens with zero attached hydrogens (tertiary/aromatic N) is 1. The van der Waals surface area contributed by atoms with Crippen molar-refractivity contribution in [3.63, 3.8) is 0 Å². The lowest BCUT2D eigenvalue weighted by molar-refractivity contribution is -0.119. The van der Waals surface area contributed by atoms with Crippen molar-refractivity contribution in [3.8, 4) is 11.5 Å². The van der Waals surface area contributed by atoms with Gasteiger partial charge in [-0.3, -0.25) is 4.79 Å². The van der Waals surface area contributed by atoms with E-state index in [1.165, 1.54) is 19.4 Å². The van der Waals surface area contributed by atoms with Gasteiger partial charge in [-0.05, 0) is 42.3 Å². The van der Waals surface area contributed by atoms with E-state index in [4.69, 9.17) is 4.74 Å². The van der Waals surface area contributed by atoms with Crippen LogP contribution in [0.15, 0.2) is 47.6 Å². The van der Waals surface area contributed by atoms with Gasteiger partial charge in [0.05, 0.1) is 19.9 Å². The minimum absolute atomic E-state index is 0.0520. The van der Waals surface area contributed by atoms with E-state index >= 15 is 0 Å². The summed E-state index contributed by atoms with van der Waals surface area (Å²) < 4.78 is 5.00. The number of hydrazone groups is 1. The van der Waals surface area contributed by atoms with Crippen LogP contribution in [0.3, 0.4) is 0 Å². The molecule has 0 radical (unpaired) electrons. The Kier molecular flexibility index (Phi) is 5.57. The van der Waals surface area contributed by atoms with Gasteiger partial charge < -0.3 is 15.2 Å². The molecule has 0 saturated carbocycles. The van der Waals surface area contributed by atoms with Gasteiger partial charge in [-0.25, -0.2) is 5.43 Å². The Balaban J connectivity index is 1.85. The van der Waals surface area contributed by atoms with Crippen LogP contribution in [0.4, 0.5) is 5.69 Å². The molecule has 0 unspecified atom stereocenters. The number of benzene rings is 2. The number of phenolic OH excluding ortho intramolecular Hbond substituents is 1. The number of carbonyl (C=O) groups is 1. The van der Waals surface area contributed by atoms with Crippen LogP contribution in [0.2, 0.25) is 0 Å². The van der Waals surface area contributed by atoms with Crippen LogP contribution in [0, 0.1) is 6.92 Å². The molecule has 0 fully saturated rings. The Morgan fingerprint density at radius 2 is 2.09 bits per heavy atom. The second-order valence-corrected chi connectivity index (χ2v) is 4.89. The van der Waals surface area contributed by atoms with Crippen molar-refractivity contribution in [2.45, 2.75) is 6.92 Å². The monoisotopic (exact) mass is 313 g/mol. The number of amides is 1. The van der Waals surface area contributed by atoms with E-state index < -0.39 is 0 Å². The molecular weight excluding hydrogens is 294 g/mol. The zero-order valence-corrected chi connectivity index (χ0v) is 13.0. The molecule has 2 aromatic rings. The first-order valence-corrected chi connectivity index (χ1v) is 7.08. The topological polar surface area (TPSA) is 83.0 Å². The van der Waals surface area contributed by atoms with Crippen LogP contribution in [0.5, 0.6) is 11.5 Å². The smallest absolute Gasteiger partial charge is 0.259 e. The number of anilines is 1. The molecule has 2 aromatic carbocycles. The lowest BCUT2D eigenvalue weighted by Crippen LogP contribution is -2.26. The van der Waals surface area contributed by atoms with Crippen molar-refractivity contribution in [3.05, 3.63) is 53.6 Å². The summed E-state index contributed by atoms with van der Waals surface area (Å²) in [5.74, 6) is 0.146. The minimum atomic E-state index is -0.254. The summed E-state index contributed by atoms with van der Waals surface area (Å²) in [7, 11) is 1.47. The van der Waals surface area contributed by atoms with Gasteiger partial charge in [-0.2, -0.15) is 5.10 Å². The van der Waals surface area contributed by atoms with E-state index in [9.17, 15) is 9.90 Å². The van der Waals surface area contributed by atoms with E-state index in [1.807, 2.05) is 31.2 Å². The fourth-order valence-corrected chi connectivity index (χ4v) is 1.94. The zero-order chi connectivity index (χ0) is 16.7. The molecule has 0 saturated heterocycles. The van der Waals surface area contributed by atoms with Gasteiger partial charge in [0, 0.05) is 5.69 Å². The first kappa shape index (κ1) is 16.4. The fourth-order valence-electron chi connectivity index (χ4n) is 1.94. The molecule has 0 heterocycles. The molecule has 3 N–H and O–H groups in total. The highest BCUT2D eigenvalue weighted by atomic mass is 16.5. The molecule has 120 valence electrons. The molecular formula is C17H19N3O3. The summed E-state index contributed by atoms with van der Waals surface area (Å²) in [6.07, 6.45) is 1.48. The molecule has 23 heavy (non-hydrogen) atoms. The van der Waals surface area contributed by atoms with Gasteiger partial charge >= 0.3 is 0 Å². The SMILES string of the molecule is COc1cc(/C=N/NC(=O)CNc2ccccc2C)ccc1O. The summed E-state index contributed by atoms with van der Waals surface area (Å²) in [6.45, 7) is 2.09. The fraction of sp³-hybridized carbons (Fsp3) is 0.176. The molecule has 6 nitrogen and oxygen atoms in total. The number of hydrogen-bond donors (Lipinski definition) is 3. The molecule has 0 atom stereocenters. The predicted molar refractivity (Wildman–Crippen MR) is 90.1 cm³/mol. The lowest BCUT2D eigenvalue weighted by atomic mass is 10.2. The van der Waals surface area contributed by atoms with E-state index in [-0.39, 0.29) is 18.2 Å². The van der Waals surface area contributed by atoms with Crippen molar-refractivity contribution >= 4 is 17.8 Å². The Morgan fingerprint density at radius 3 is 2.83 bits per heavy atom. The van der Waals surface area contributed by atoms with Crippen molar-refractivity contribution in [1.29, 1.82) is 0 Å². The number of methoxy groups -OCH3 is 1. The summed E-state index contributed by atoms with van der Waals surface area (Å²) in [5, 5.41) is 16.4. The minimum Gasteiger partial charge on any atom is -0.504 e. The third kappa shape index (κ3) is 4.74. The number of aryl methyl sites for hydroxylation is 1. The summed E-state index contributed by atoms with van der Waals surface area (Å²) >= 11 is 0. The number of carbonyl (C=O) groups excluding carboxylic acids is 1. The average molecular weight is 313 g/mol. The van der Waals surface area contributed by atoms with Crippen LogP contribution < -0.4 is 15.5 Å². The number of rotatable bonds is 6. The second-order valence-electron chi connectivity index (χ2n) is 4.89. The normalized spacial score (nSPS) is 10.5. The molecule has 0 spiro atoms. The number of para-hydroxylation sites is 1. The van der Waals surface area contributed by atoms with E-state index in [1.54, 1.807) is 12.1 Å². The van der Waals surface area contributed by atoms with E-state index in [0.29, 0.717) is 11.3 Å². The van der Waals surface area contributed by atoms with Gasteiger partial charge in [0.15, 0.2) is 11.5 Å². The number of aromatic hydroxyl groups is 1. The van der Waals surface area contributed by atoms with Crippen LogP contribution in [0.25, 0.3) is 0 Å². The predicted octanol–water partition coefficient (Wildman–Crippen LogP) is 2.27. The third-order valence-corrected chi connectivity index (χ3v) is 3.19. The highest BCUT2D eigenvalue weighted by molar-refractivity contribution is 5.84. The van der Waals surface area contributed by atoms with Crippen molar-refractivity contribution < 1.29 is 14.6 Å². The van der Waals surface area contributed by atoms with Crippen LogP contribution in [0.1, 0.15) is 11.1 Å². The molecule has 0 aromatic heterocycles. The molecule has 0 aliphatic heterocycles. The Hall–Kier alpha value is -3.02. The largest absolute Gasteiger partial charge is 0.504 e. The highest BCUT2D eigenvalue weighted by Crippen LogP contribution is 2.25. The number of phenols is 1. The van der Waals surface area contributed by atoms with Crippen molar-refractivity contribution in [2.24, 2.45) is 5.10 Å². The molecule has 2 rings (SSSR count). The number of hydrogen-bond acceptors (Lipinski definition) is 5. The maximum atomic E-state index is 11.7. The zero-order valence-electron chi connectivity index (χ0n) is 13.0. The van der Waals surface area contributed by atoms with Crippen LogP contribution in [-0.4, -0.2) is 30.9 Å². The quantitative estimate of drug-likeness (QED) is 0.564. The lowest BCUT2D eigenvalue weighted by Gasteiger charge is -2.07. The molecule has 0 aliphatic carbocycles. The van der Waals surface area contributed by atoms with Gasteiger partial charge in [-0.1, -0.05) is 18.2 Å². The van der Waals surface area contributed by atoms with Gasteiger partial charge in [-0.15, -0.1) is 0 Å². The van der Waals surface area contributed by atoms with Gasteiger partial charge in [0.1, 0.15) is 0 Å². The second kappa shape index (κ2) is 7.84. The standard InChI is InChI=1S/C17H19N3O3/c1-12-5-3-4-6-14(12)18-11-17(22)20-19-10-13-7-8-15(21)16(9-13)23-2/h3-10,18,21H,11H2,1-2H3,(H,20,22)/b19-10+. The number of nitrogens with one attached hydrogen (secondary N) is 2. The Bertz CT molecular complexity index is 714. The summed E-state index contributed by atoms with van der Waals surface area (Å²) in [6, 6.07) is 12.5. The van der Waals surface area contributed by atoms with Crippen molar-refractivity contribution in [1.82, 2.24) is 5.43 Å². The molecule has 1 amide bonds. The molecule has 0 bridgehead atoms. The van der Waals surface area contributed by atoms with E-state index in [0.717, 1.165) is 11.3 Å². The Labute approximate surface area is 134 Å². The first-order valence-electron chi connectivity index (χ1n) is 7.08. The summed E-state index contributed by atoms with van der Waals surface area (Å²) in [4.78, 5) is 11.7. The highest BCUT2D eigenvalue weighted by Gasteiger charge is 2.02. The first-order chi connectivity index (χ1) is 11.1.